The number of hydrogen-bond acceptors (Lipinski definition) is 2. The molecule has 0 N–H and O–H groups in total. The van der Waals surface area contributed by atoms with E-state index in [0.29, 0.717) is 5.92 Å². The summed E-state index contributed by atoms with van der Waals surface area (Å²) >= 11 is 0. The summed E-state index contributed by atoms with van der Waals surface area (Å²) in [6.45, 7) is 9.02. The van der Waals surface area contributed by atoms with Crippen LogP contribution < -0.4 is 0 Å². The minimum absolute atomic E-state index is 0.528. The van der Waals surface area contributed by atoms with Crippen LogP contribution >= 0.6 is 0 Å². The standard InChI is InChI=1S/C23H30N2/c1-17(2)6-5-7-21-22-13-10-19(4)16-23(25(22)15-14-24-21)20-11-8-18(3)9-12-20/h8-9,11-17,19H,5-7,10H2,1-4H3. The fourth-order valence-corrected chi connectivity index (χ4v) is 3.45. The van der Waals surface area contributed by atoms with E-state index in [-0.39, 0.29) is 0 Å². The Hall–Kier alpha value is -2.09. The van der Waals surface area contributed by atoms with Crippen molar-refractivity contribution in [3.8, 4) is 0 Å². The molecule has 0 bridgehead atoms. The Bertz CT molecular complexity index is 717. The molecule has 0 saturated heterocycles. The van der Waals surface area contributed by atoms with Gasteiger partial charge in [0, 0.05) is 18.1 Å². The molecule has 0 saturated carbocycles. The van der Waals surface area contributed by atoms with Gasteiger partial charge in [-0.3, -0.25) is 4.99 Å². The van der Waals surface area contributed by atoms with Crippen LogP contribution in [-0.4, -0.2) is 10.6 Å². The summed E-state index contributed by atoms with van der Waals surface area (Å²) in [6, 6.07) is 8.85. The van der Waals surface area contributed by atoms with Crippen molar-refractivity contribution in [3.63, 3.8) is 0 Å². The van der Waals surface area contributed by atoms with E-state index >= 15 is 0 Å². The predicted molar refractivity (Wildman–Crippen MR) is 108 cm³/mol. The highest BCUT2D eigenvalue weighted by Gasteiger charge is 2.23. The zero-order valence-corrected chi connectivity index (χ0v) is 16.0. The minimum atomic E-state index is 0.528. The van der Waals surface area contributed by atoms with Gasteiger partial charge in [0.1, 0.15) is 0 Å². The first-order chi connectivity index (χ1) is 12.0. The minimum Gasteiger partial charge on any atom is -0.314 e. The Morgan fingerprint density at radius 1 is 1.16 bits per heavy atom. The molecule has 2 nitrogen and oxygen atoms in total. The molecule has 2 heterocycles. The number of aryl methyl sites for hydroxylation is 1. The highest BCUT2D eigenvalue weighted by molar-refractivity contribution is 6.02. The van der Waals surface area contributed by atoms with E-state index in [0.717, 1.165) is 18.8 Å². The lowest BCUT2D eigenvalue weighted by molar-refractivity contribution is 0.562. The molecular formula is C23H30N2. The first-order valence-electron chi connectivity index (χ1n) is 9.56. The van der Waals surface area contributed by atoms with Gasteiger partial charge in [0.15, 0.2) is 0 Å². The van der Waals surface area contributed by atoms with Crippen LogP contribution in [0.2, 0.25) is 0 Å². The van der Waals surface area contributed by atoms with E-state index < -0.39 is 0 Å². The monoisotopic (exact) mass is 334 g/mol. The summed E-state index contributed by atoms with van der Waals surface area (Å²) in [6.07, 6.45) is 13.4. The maximum Gasteiger partial charge on any atom is 0.0640 e. The van der Waals surface area contributed by atoms with Crippen molar-refractivity contribution < 1.29 is 0 Å². The van der Waals surface area contributed by atoms with Gasteiger partial charge in [-0.05, 0) is 43.6 Å². The summed E-state index contributed by atoms with van der Waals surface area (Å²) in [7, 11) is 0. The van der Waals surface area contributed by atoms with Gasteiger partial charge in [-0.2, -0.15) is 0 Å². The summed E-state index contributed by atoms with van der Waals surface area (Å²) in [4.78, 5) is 7.06. The Morgan fingerprint density at radius 2 is 1.92 bits per heavy atom. The number of hydrogen-bond donors (Lipinski definition) is 0. The Morgan fingerprint density at radius 3 is 2.64 bits per heavy atom. The van der Waals surface area contributed by atoms with Crippen LogP contribution in [0, 0.1) is 18.8 Å². The normalized spacial score (nSPS) is 20.0. The second-order valence-corrected chi connectivity index (χ2v) is 7.75. The summed E-state index contributed by atoms with van der Waals surface area (Å²) in [5.41, 5.74) is 6.37. The third-order valence-corrected chi connectivity index (χ3v) is 4.93. The molecule has 1 aromatic carbocycles. The lowest BCUT2D eigenvalue weighted by atomic mass is 10.0. The molecule has 25 heavy (non-hydrogen) atoms. The zero-order valence-electron chi connectivity index (χ0n) is 16.0. The summed E-state index contributed by atoms with van der Waals surface area (Å²) in [5.74, 6) is 1.28. The van der Waals surface area contributed by atoms with Gasteiger partial charge in [0.05, 0.1) is 11.4 Å². The molecule has 0 spiro atoms. The molecule has 0 fully saturated rings. The molecule has 0 amide bonds. The molecule has 2 aliphatic rings. The van der Waals surface area contributed by atoms with E-state index in [2.05, 4.69) is 75.2 Å². The van der Waals surface area contributed by atoms with Gasteiger partial charge in [-0.15, -0.1) is 0 Å². The molecule has 0 aromatic heterocycles. The molecule has 1 unspecified atom stereocenters. The summed E-state index contributed by atoms with van der Waals surface area (Å²) in [5, 5.41) is 0. The topological polar surface area (TPSA) is 15.6 Å². The third-order valence-electron chi connectivity index (χ3n) is 4.93. The van der Waals surface area contributed by atoms with Crippen molar-refractivity contribution >= 4 is 11.4 Å². The molecule has 1 aromatic rings. The maximum atomic E-state index is 4.72. The van der Waals surface area contributed by atoms with Crippen molar-refractivity contribution in [1.82, 2.24) is 4.90 Å². The lowest BCUT2D eigenvalue weighted by Crippen LogP contribution is -2.23. The fraction of sp³-hybridized carbons (Fsp3) is 0.435. The number of nitrogens with zero attached hydrogens (tertiary/aromatic N) is 2. The average molecular weight is 335 g/mol. The molecule has 0 radical (unpaired) electrons. The van der Waals surface area contributed by atoms with Crippen LogP contribution in [0.25, 0.3) is 5.70 Å². The van der Waals surface area contributed by atoms with Crippen molar-refractivity contribution in [2.45, 2.75) is 53.4 Å². The highest BCUT2D eigenvalue weighted by Crippen LogP contribution is 2.33. The quantitative estimate of drug-likeness (QED) is 0.615. The molecular weight excluding hydrogens is 304 g/mol. The molecule has 2 aliphatic heterocycles. The largest absolute Gasteiger partial charge is 0.314 e. The van der Waals surface area contributed by atoms with E-state index in [1.54, 1.807) is 0 Å². The number of benzene rings is 1. The van der Waals surface area contributed by atoms with Crippen molar-refractivity contribution in [3.05, 3.63) is 65.6 Å². The van der Waals surface area contributed by atoms with Gasteiger partial charge in [-0.1, -0.05) is 69.2 Å². The van der Waals surface area contributed by atoms with Crippen molar-refractivity contribution in [2.24, 2.45) is 16.8 Å². The Labute approximate surface area is 152 Å². The SMILES string of the molecule is Cc1ccc(C2=CC(C)CC=C3C(CCCC(C)C)=NC=CN32)cc1. The number of allylic oxidation sites excluding steroid dienone is 3. The second-order valence-electron chi connectivity index (χ2n) is 7.75. The first kappa shape index (κ1) is 17.7. The molecule has 132 valence electrons. The number of aliphatic imine (C=N–C) groups is 1. The zero-order chi connectivity index (χ0) is 17.8. The van der Waals surface area contributed by atoms with E-state index in [1.165, 1.54) is 41.1 Å². The van der Waals surface area contributed by atoms with Gasteiger partial charge >= 0.3 is 0 Å². The van der Waals surface area contributed by atoms with Crippen molar-refractivity contribution in [2.75, 3.05) is 0 Å². The predicted octanol–water partition coefficient (Wildman–Crippen LogP) is 6.31. The van der Waals surface area contributed by atoms with Crippen molar-refractivity contribution in [1.29, 1.82) is 0 Å². The second kappa shape index (κ2) is 7.86. The molecule has 2 heteroatoms. The van der Waals surface area contributed by atoms with Crippen LogP contribution in [0.5, 0.6) is 0 Å². The number of fused-ring (bicyclic) bond motifs is 1. The fourth-order valence-electron chi connectivity index (χ4n) is 3.45. The molecule has 1 atom stereocenters. The van der Waals surface area contributed by atoms with Crippen LogP contribution in [0.3, 0.4) is 0 Å². The van der Waals surface area contributed by atoms with E-state index in [9.17, 15) is 0 Å². The highest BCUT2D eigenvalue weighted by atomic mass is 15.2. The van der Waals surface area contributed by atoms with E-state index in [1.807, 2.05) is 6.20 Å². The number of rotatable bonds is 5. The third kappa shape index (κ3) is 4.31. The maximum absolute atomic E-state index is 4.72. The van der Waals surface area contributed by atoms with Crippen LogP contribution in [0.4, 0.5) is 0 Å². The van der Waals surface area contributed by atoms with Gasteiger partial charge in [-0.25, -0.2) is 0 Å². The summed E-state index contributed by atoms with van der Waals surface area (Å²) < 4.78 is 0. The average Bonchev–Trinajstić information content (AvgIpc) is 2.75. The Balaban J connectivity index is 1.88. The Kier molecular flexibility index (Phi) is 5.57. The molecule has 3 rings (SSSR count). The van der Waals surface area contributed by atoms with Gasteiger partial charge in [0.25, 0.3) is 0 Å². The lowest BCUT2D eigenvalue weighted by Gasteiger charge is -2.29. The smallest absolute Gasteiger partial charge is 0.0640 e. The van der Waals surface area contributed by atoms with Crippen LogP contribution in [0.1, 0.15) is 57.6 Å². The van der Waals surface area contributed by atoms with Gasteiger partial charge < -0.3 is 4.90 Å². The van der Waals surface area contributed by atoms with E-state index in [4.69, 9.17) is 4.99 Å². The molecule has 0 aliphatic carbocycles. The van der Waals surface area contributed by atoms with Gasteiger partial charge in [0.2, 0.25) is 0 Å². The van der Waals surface area contributed by atoms with Crippen LogP contribution in [-0.2, 0) is 0 Å². The van der Waals surface area contributed by atoms with Crippen LogP contribution in [0.15, 0.2) is 59.5 Å². The first-order valence-corrected chi connectivity index (χ1v) is 9.56.